The summed E-state index contributed by atoms with van der Waals surface area (Å²) < 4.78 is 1.55. The van der Waals surface area contributed by atoms with E-state index < -0.39 is 6.04 Å². The standard InChI is InChI=1S/C28H27N5O2/c1-20(32(18-17-31(2)3)27(34)22-9-5-4-6-10-22)26-30-25-12-8-7-11-24(25)28(35)33(26)23-15-13-21(19-29)14-16-23/h4-16,20H,17-18H2,1-3H3. The molecule has 7 heteroatoms. The van der Waals surface area contributed by atoms with E-state index in [0.717, 1.165) is 0 Å². The van der Waals surface area contributed by atoms with Gasteiger partial charge in [0.25, 0.3) is 11.5 Å². The molecule has 0 fully saturated rings. The topological polar surface area (TPSA) is 82.2 Å². The zero-order chi connectivity index (χ0) is 24.9. The van der Waals surface area contributed by atoms with Gasteiger partial charge < -0.3 is 9.80 Å². The van der Waals surface area contributed by atoms with Gasteiger partial charge in [0.1, 0.15) is 5.82 Å². The van der Waals surface area contributed by atoms with Gasteiger partial charge in [0.2, 0.25) is 0 Å². The number of hydrogen-bond acceptors (Lipinski definition) is 5. The lowest BCUT2D eigenvalue weighted by Crippen LogP contribution is -2.41. The van der Waals surface area contributed by atoms with E-state index in [0.29, 0.717) is 46.6 Å². The third-order valence-electron chi connectivity index (χ3n) is 5.97. The SMILES string of the molecule is CC(c1nc2ccccc2c(=O)n1-c1ccc(C#N)cc1)N(CCN(C)C)C(=O)c1ccccc1. The molecule has 1 amide bonds. The molecule has 4 aromatic rings. The summed E-state index contributed by atoms with van der Waals surface area (Å²) in [5.41, 5.74) is 2.02. The Morgan fingerprint density at radius 1 is 0.971 bits per heavy atom. The molecule has 7 nitrogen and oxygen atoms in total. The first-order valence-corrected chi connectivity index (χ1v) is 11.4. The first-order valence-electron chi connectivity index (χ1n) is 11.4. The van der Waals surface area contributed by atoms with E-state index in [1.165, 1.54) is 0 Å². The molecular formula is C28H27N5O2. The lowest BCUT2D eigenvalue weighted by Gasteiger charge is -2.31. The largest absolute Gasteiger partial charge is 0.327 e. The quantitative estimate of drug-likeness (QED) is 0.412. The number of rotatable bonds is 7. The summed E-state index contributed by atoms with van der Waals surface area (Å²) in [5.74, 6) is 0.329. The molecule has 3 aromatic carbocycles. The molecule has 0 aliphatic carbocycles. The van der Waals surface area contributed by atoms with Crippen LogP contribution in [0.3, 0.4) is 0 Å². The van der Waals surface area contributed by atoms with Crippen LogP contribution >= 0.6 is 0 Å². The zero-order valence-electron chi connectivity index (χ0n) is 20.0. The molecule has 1 heterocycles. The fourth-order valence-corrected chi connectivity index (χ4v) is 4.03. The number of nitrogens with zero attached hydrogens (tertiary/aromatic N) is 5. The summed E-state index contributed by atoms with van der Waals surface area (Å²) in [4.78, 5) is 35.9. The number of benzene rings is 3. The van der Waals surface area contributed by atoms with Crippen LogP contribution < -0.4 is 5.56 Å². The molecule has 0 N–H and O–H groups in total. The van der Waals surface area contributed by atoms with E-state index in [2.05, 4.69) is 6.07 Å². The Hall–Kier alpha value is -4.28. The van der Waals surface area contributed by atoms with E-state index in [9.17, 15) is 14.9 Å². The maximum atomic E-state index is 13.7. The van der Waals surface area contributed by atoms with Gasteiger partial charge in [0.15, 0.2) is 0 Å². The van der Waals surface area contributed by atoms with E-state index >= 15 is 0 Å². The maximum absolute atomic E-state index is 13.7. The van der Waals surface area contributed by atoms with Crippen LogP contribution in [0.2, 0.25) is 0 Å². The minimum absolute atomic E-state index is 0.131. The van der Waals surface area contributed by atoms with Crippen molar-refractivity contribution < 1.29 is 4.79 Å². The van der Waals surface area contributed by atoms with Gasteiger partial charge >= 0.3 is 0 Å². The summed E-state index contributed by atoms with van der Waals surface area (Å²) in [6.07, 6.45) is 0. The molecular weight excluding hydrogens is 438 g/mol. The molecule has 0 aliphatic heterocycles. The first-order chi connectivity index (χ1) is 16.9. The number of aromatic nitrogens is 2. The number of nitriles is 1. The van der Waals surface area contributed by atoms with Crippen molar-refractivity contribution in [1.82, 2.24) is 19.4 Å². The normalized spacial score (nSPS) is 11.9. The number of fused-ring (bicyclic) bond motifs is 1. The van der Waals surface area contributed by atoms with Crippen molar-refractivity contribution >= 4 is 16.8 Å². The second-order valence-electron chi connectivity index (χ2n) is 8.63. The Kier molecular flexibility index (Phi) is 7.04. The molecule has 176 valence electrons. The highest BCUT2D eigenvalue weighted by molar-refractivity contribution is 5.94. The van der Waals surface area contributed by atoms with Crippen LogP contribution in [0.25, 0.3) is 16.6 Å². The molecule has 0 saturated heterocycles. The maximum Gasteiger partial charge on any atom is 0.266 e. The smallest absolute Gasteiger partial charge is 0.266 e. The molecule has 0 spiro atoms. The predicted octanol–water partition coefficient (Wildman–Crippen LogP) is 4.02. The number of para-hydroxylation sites is 1. The van der Waals surface area contributed by atoms with Gasteiger partial charge in [-0.05, 0) is 69.6 Å². The van der Waals surface area contributed by atoms with Crippen molar-refractivity contribution in [3.8, 4) is 11.8 Å². The molecule has 1 aromatic heterocycles. The minimum atomic E-state index is -0.504. The van der Waals surface area contributed by atoms with Crippen LogP contribution in [0, 0.1) is 11.3 Å². The molecule has 0 saturated carbocycles. The second-order valence-corrected chi connectivity index (χ2v) is 8.63. The van der Waals surface area contributed by atoms with Crippen molar-refractivity contribution in [2.45, 2.75) is 13.0 Å². The molecule has 1 atom stereocenters. The molecule has 1 unspecified atom stereocenters. The van der Waals surface area contributed by atoms with Crippen LogP contribution in [0.5, 0.6) is 0 Å². The summed E-state index contributed by atoms with van der Waals surface area (Å²) in [5, 5.41) is 9.69. The fraction of sp³-hybridized carbons (Fsp3) is 0.214. The highest BCUT2D eigenvalue weighted by atomic mass is 16.2. The highest BCUT2D eigenvalue weighted by Gasteiger charge is 2.27. The predicted molar refractivity (Wildman–Crippen MR) is 137 cm³/mol. The third-order valence-corrected chi connectivity index (χ3v) is 5.97. The number of carbonyl (C=O) groups excluding carboxylic acids is 1. The monoisotopic (exact) mass is 465 g/mol. The molecule has 4 rings (SSSR count). The summed E-state index contributed by atoms with van der Waals surface area (Å²) in [6.45, 7) is 3.00. The Labute approximate surface area is 204 Å². The van der Waals surface area contributed by atoms with E-state index in [1.807, 2.05) is 50.2 Å². The Morgan fingerprint density at radius 3 is 2.29 bits per heavy atom. The van der Waals surface area contributed by atoms with Crippen molar-refractivity contribution in [3.05, 3.63) is 106 Å². The van der Waals surface area contributed by atoms with Crippen molar-refractivity contribution in [2.75, 3.05) is 27.2 Å². The fourth-order valence-electron chi connectivity index (χ4n) is 4.03. The zero-order valence-corrected chi connectivity index (χ0v) is 20.0. The van der Waals surface area contributed by atoms with Crippen molar-refractivity contribution in [2.24, 2.45) is 0 Å². The molecule has 0 aliphatic rings. The number of amides is 1. The van der Waals surface area contributed by atoms with Crippen LogP contribution in [0.1, 0.15) is 34.7 Å². The third kappa shape index (κ3) is 4.98. The highest BCUT2D eigenvalue weighted by Crippen LogP contribution is 2.24. The van der Waals surface area contributed by atoms with Gasteiger partial charge in [-0.15, -0.1) is 0 Å². The average Bonchev–Trinajstić information content (AvgIpc) is 2.89. The van der Waals surface area contributed by atoms with Gasteiger partial charge in [0, 0.05) is 18.7 Å². The molecule has 0 bridgehead atoms. The summed E-state index contributed by atoms with van der Waals surface area (Å²) >= 11 is 0. The van der Waals surface area contributed by atoms with E-state index in [4.69, 9.17) is 4.98 Å². The van der Waals surface area contributed by atoms with E-state index in [1.54, 1.807) is 64.1 Å². The Bertz CT molecular complexity index is 1440. The van der Waals surface area contributed by atoms with Gasteiger partial charge in [-0.25, -0.2) is 4.98 Å². The minimum Gasteiger partial charge on any atom is -0.327 e. The number of carbonyl (C=O) groups is 1. The molecule has 0 radical (unpaired) electrons. The lowest BCUT2D eigenvalue weighted by atomic mass is 10.1. The Balaban J connectivity index is 1.90. The number of hydrogen-bond donors (Lipinski definition) is 0. The summed E-state index contributed by atoms with van der Waals surface area (Å²) in [7, 11) is 3.91. The van der Waals surface area contributed by atoms with Crippen LogP contribution in [0.15, 0.2) is 83.7 Å². The second kappa shape index (κ2) is 10.3. The first kappa shape index (κ1) is 23.9. The van der Waals surface area contributed by atoms with Gasteiger partial charge in [0.05, 0.1) is 34.3 Å². The molecule has 35 heavy (non-hydrogen) atoms. The van der Waals surface area contributed by atoms with Gasteiger partial charge in [-0.3, -0.25) is 14.2 Å². The van der Waals surface area contributed by atoms with Crippen LogP contribution in [-0.2, 0) is 0 Å². The van der Waals surface area contributed by atoms with Crippen molar-refractivity contribution in [3.63, 3.8) is 0 Å². The van der Waals surface area contributed by atoms with Crippen molar-refractivity contribution in [1.29, 1.82) is 5.26 Å². The lowest BCUT2D eigenvalue weighted by molar-refractivity contribution is 0.0667. The Morgan fingerprint density at radius 2 is 1.63 bits per heavy atom. The average molecular weight is 466 g/mol. The van der Waals surface area contributed by atoms with Crippen LogP contribution in [0.4, 0.5) is 0 Å². The van der Waals surface area contributed by atoms with Gasteiger partial charge in [-0.2, -0.15) is 5.26 Å². The van der Waals surface area contributed by atoms with Crippen LogP contribution in [-0.4, -0.2) is 52.4 Å². The van der Waals surface area contributed by atoms with Gasteiger partial charge in [-0.1, -0.05) is 30.3 Å². The summed E-state index contributed by atoms with van der Waals surface area (Å²) in [6, 6.07) is 24.7. The number of likely N-dealkylation sites (N-methyl/N-ethyl adjacent to an activating group) is 1. The van der Waals surface area contributed by atoms with E-state index in [-0.39, 0.29) is 11.5 Å².